The van der Waals surface area contributed by atoms with Crippen molar-refractivity contribution in [1.29, 1.82) is 0 Å². The SMILES string of the molecule is O=C(Nc1ncnc(Cl)c1Cl)c1cccc2c1CCCN2. The lowest BCUT2D eigenvalue weighted by Gasteiger charge is -2.20. The molecule has 0 saturated carbocycles. The molecule has 0 spiro atoms. The Morgan fingerprint density at radius 1 is 1.29 bits per heavy atom. The molecular formula is C14H12Cl2N4O. The molecule has 0 radical (unpaired) electrons. The van der Waals surface area contributed by atoms with E-state index in [9.17, 15) is 4.79 Å². The van der Waals surface area contributed by atoms with Crippen LogP contribution in [0.1, 0.15) is 22.3 Å². The minimum absolute atomic E-state index is 0.110. The van der Waals surface area contributed by atoms with Crippen molar-refractivity contribution in [1.82, 2.24) is 9.97 Å². The van der Waals surface area contributed by atoms with Crippen molar-refractivity contribution in [3.8, 4) is 0 Å². The highest BCUT2D eigenvalue weighted by Crippen LogP contribution is 2.28. The number of carbonyl (C=O) groups excluding carboxylic acids is 1. The minimum atomic E-state index is -0.257. The Bertz CT molecular complexity index is 705. The van der Waals surface area contributed by atoms with Crippen molar-refractivity contribution in [3.63, 3.8) is 0 Å². The molecular weight excluding hydrogens is 311 g/mol. The Morgan fingerprint density at radius 3 is 3.00 bits per heavy atom. The Balaban J connectivity index is 1.91. The van der Waals surface area contributed by atoms with Crippen molar-refractivity contribution in [2.45, 2.75) is 12.8 Å². The van der Waals surface area contributed by atoms with Gasteiger partial charge in [0.1, 0.15) is 11.3 Å². The molecule has 1 aliphatic rings. The zero-order valence-corrected chi connectivity index (χ0v) is 12.5. The van der Waals surface area contributed by atoms with Crippen LogP contribution in [0.15, 0.2) is 24.5 Å². The molecule has 0 bridgehead atoms. The molecule has 7 heteroatoms. The number of amides is 1. The van der Waals surface area contributed by atoms with Crippen molar-refractivity contribution in [3.05, 3.63) is 45.8 Å². The number of nitrogens with one attached hydrogen (secondary N) is 2. The largest absolute Gasteiger partial charge is 0.385 e. The van der Waals surface area contributed by atoms with Crippen LogP contribution in [0.4, 0.5) is 11.5 Å². The summed E-state index contributed by atoms with van der Waals surface area (Å²) in [6.45, 7) is 0.922. The number of nitrogens with zero attached hydrogens (tertiary/aromatic N) is 2. The molecule has 1 amide bonds. The third-order valence-electron chi connectivity index (χ3n) is 3.32. The van der Waals surface area contributed by atoms with Gasteiger partial charge in [-0.2, -0.15) is 0 Å². The normalized spacial score (nSPS) is 13.2. The monoisotopic (exact) mass is 322 g/mol. The first kappa shape index (κ1) is 14.1. The fraction of sp³-hybridized carbons (Fsp3) is 0.214. The lowest BCUT2D eigenvalue weighted by molar-refractivity contribution is 0.102. The number of hydrogen-bond donors (Lipinski definition) is 2. The highest BCUT2D eigenvalue weighted by atomic mass is 35.5. The van der Waals surface area contributed by atoms with E-state index < -0.39 is 0 Å². The highest BCUT2D eigenvalue weighted by molar-refractivity contribution is 6.43. The summed E-state index contributed by atoms with van der Waals surface area (Å²) >= 11 is 11.8. The van der Waals surface area contributed by atoms with Crippen molar-refractivity contribution >= 4 is 40.6 Å². The van der Waals surface area contributed by atoms with Gasteiger partial charge in [-0.1, -0.05) is 29.3 Å². The lowest BCUT2D eigenvalue weighted by Crippen LogP contribution is -2.20. The molecule has 2 N–H and O–H groups in total. The van der Waals surface area contributed by atoms with Crippen LogP contribution in [0.3, 0.4) is 0 Å². The summed E-state index contributed by atoms with van der Waals surface area (Å²) in [5, 5.41) is 6.22. The molecule has 0 unspecified atom stereocenters. The molecule has 21 heavy (non-hydrogen) atoms. The number of fused-ring (bicyclic) bond motifs is 1. The molecule has 0 saturated heterocycles. The van der Waals surface area contributed by atoms with Gasteiger partial charge in [-0.15, -0.1) is 0 Å². The van der Waals surface area contributed by atoms with Crippen LogP contribution in [-0.4, -0.2) is 22.4 Å². The van der Waals surface area contributed by atoms with Gasteiger partial charge in [-0.05, 0) is 30.5 Å². The predicted molar refractivity (Wildman–Crippen MR) is 83.3 cm³/mol. The second-order valence-corrected chi connectivity index (χ2v) is 5.38. The van der Waals surface area contributed by atoms with Gasteiger partial charge in [0.25, 0.3) is 5.91 Å². The fourth-order valence-electron chi connectivity index (χ4n) is 2.33. The molecule has 1 aromatic carbocycles. The summed E-state index contributed by atoms with van der Waals surface area (Å²) in [5.41, 5.74) is 2.63. The standard InChI is InChI=1S/C14H12Cl2N4O/c15-11-12(16)18-7-19-13(11)20-14(21)9-3-1-5-10-8(9)4-2-6-17-10/h1,3,5,7,17H,2,4,6H2,(H,18,19,20,21). The fourth-order valence-corrected chi connectivity index (χ4v) is 2.61. The number of anilines is 2. The zero-order valence-electron chi connectivity index (χ0n) is 11.0. The van der Waals surface area contributed by atoms with E-state index in [1.54, 1.807) is 6.07 Å². The van der Waals surface area contributed by atoms with Gasteiger partial charge in [0.05, 0.1) is 0 Å². The summed E-state index contributed by atoms with van der Waals surface area (Å²) in [5.74, 6) is -0.0461. The maximum absolute atomic E-state index is 12.4. The molecule has 3 rings (SSSR count). The quantitative estimate of drug-likeness (QED) is 0.831. The predicted octanol–water partition coefficient (Wildman–Crippen LogP) is 3.39. The lowest BCUT2D eigenvalue weighted by atomic mass is 9.97. The first-order valence-corrected chi connectivity index (χ1v) is 7.25. The zero-order chi connectivity index (χ0) is 14.8. The number of aromatic nitrogens is 2. The van der Waals surface area contributed by atoms with Gasteiger partial charge in [0.15, 0.2) is 11.0 Å². The van der Waals surface area contributed by atoms with Gasteiger partial charge in [-0.3, -0.25) is 4.79 Å². The van der Waals surface area contributed by atoms with Crippen molar-refractivity contribution in [2.75, 3.05) is 17.2 Å². The summed E-state index contributed by atoms with van der Waals surface area (Å²) in [6.07, 6.45) is 3.12. The number of carbonyl (C=O) groups is 1. The third kappa shape index (κ3) is 2.80. The van der Waals surface area contributed by atoms with E-state index in [0.29, 0.717) is 5.56 Å². The molecule has 5 nitrogen and oxygen atoms in total. The number of hydrogen-bond acceptors (Lipinski definition) is 4. The smallest absolute Gasteiger partial charge is 0.257 e. The maximum Gasteiger partial charge on any atom is 0.257 e. The van der Waals surface area contributed by atoms with E-state index in [2.05, 4.69) is 20.6 Å². The first-order chi connectivity index (χ1) is 10.2. The third-order valence-corrected chi connectivity index (χ3v) is 4.06. The van der Waals surface area contributed by atoms with E-state index in [4.69, 9.17) is 23.2 Å². The summed E-state index contributed by atoms with van der Waals surface area (Å²) < 4.78 is 0. The average Bonchev–Trinajstić information content (AvgIpc) is 2.51. The maximum atomic E-state index is 12.4. The molecule has 0 aliphatic carbocycles. The van der Waals surface area contributed by atoms with E-state index >= 15 is 0 Å². The average molecular weight is 323 g/mol. The number of rotatable bonds is 2. The van der Waals surface area contributed by atoms with E-state index in [1.165, 1.54) is 6.33 Å². The van der Waals surface area contributed by atoms with Crippen molar-refractivity contribution in [2.24, 2.45) is 0 Å². The van der Waals surface area contributed by atoms with Gasteiger partial charge in [0, 0.05) is 17.8 Å². The Morgan fingerprint density at radius 2 is 2.14 bits per heavy atom. The van der Waals surface area contributed by atoms with Crippen LogP contribution >= 0.6 is 23.2 Å². The van der Waals surface area contributed by atoms with Gasteiger partial charge < -0.3 is 10.6 Å². The van der Waals surface area contributed by atoms with Crippen LogP contribution in [0.5, 0.6) is 0 Å². The van der Waals surface area contributed by atoms with Crippen LogP contribution in [-0.2, 0) is 6.42 Å². The summed E-state index contributed by atoms with van der Waals surface area (Å²) in [7, 11) is 0. The Kier molecular flexibility index (Phi) is 3.94. The van der Waals surface area contributed by atoms with Crippen LogP contribution in [0, 0.1) is 0 Å². The second-order valence-electron chi connectivity index (χ2n) is 4.64. The summed E-state index contributed by atoms with van der Waals surface area (Å²) in [6, 6.07) is 5.61. The van der Waals surface area contributed by atoms with Crippen LogP contribution in [0.25, 0.3) is 0 Å². The highest BCUT2D eigenvalue weighted by Gasteiger charge is 2.19. The van der Waals surface area contributed by atoms with Crippen LogP contribution in [0.2, 0.25) is 10.2 Å². The second kappa shape index (κ2) is 5.87. The van der Waals surface area contributed by atoms with Crippen molar-refractivity contribution < 1.29 is 4.79 Å². The van der Waals surface area contributed by atoms with Gasteiger partial charge >= 0.3 is 0 Å². The molecule has 2 aromatic rings. The Hall–Kier alpha value is -1.85. The molecule has 1 aromatic heterocycles. The Labute approximate surface area is 131 Å². The van der Waals surface area contributed by atoms with E-state index in [0.717, 1.165) is 30.6 Å². The van der Waals surface area contributed by atoms with Gasteiger partial charge in [0.2, 0.25) is 0 Å². The van der Waals surface area contributed by atoms with Gasteiger partial charge in [-0.25, -0.2) is 9.97 Å². The molecule has 0 atom stereocenters. The van der Waals surface area contributed by atoms with E-state index in [-0.39, 0.29) is 21.9 Å². The first-order valence-electron chi connectivity index (χ1n) is 6.50. The number of halogens is 2. The topological polar surface area (TPSA) is 66.9 Å². The summed E-state index contributed by atoms with van der Waals surface area (Å²) in [4.78, 5) is 20.1. The van der Waals surface area contributed by atoms with Crippen LogP contribution < -0.4 is 10.6 Å². The van der Waals surface area contributed by atoms with E-state index in [1.807, 2.05) is 12.1 Å². The molecule has 108 valence electrons. The molecule has 2 heterocycles. The minimum Gasteiger partial charge on any atom is -0.385 e. The molecule has 1 aliphatic heterocycles. The molecule has 0 fully saturated rings. The number of benzene rings is 1.